The Morgan fingerprint density at radius 1 is 1.00 bits per heavy atom. The Morgan fingerprint density at radius 2 is 1.81 bits per heavy atom. The SMILES string of the molecule is O=C(c1nccn1-c1ccc2ccccc2c1)[C@H]1Cc2ccccc2O1. The van der Waals surface area contributed by atoms with E-state index in [1.807, 2.05) is 53.2 Å². The second kappa shape index (κ2) is 5.85. The Hall–Kier alpha value is -3.40. The van der Waals surface area contributed by atoms with Crippen LogP contribution in [0.4, 0.5) is 0 Å². The lowest BCUT2D eigenvalue weighted by atomic mass is 10.1. The van der Waals surface area contributed by atoms with Crippen LogP contribution in [0.25, 0.3) is 16.5 Å². The third-order valence-corrected chi connectivity index (χ3v) is 4.81. The molecule has 3 aromatic carbocycles. The number of benzene rings is 3. The van der Waals surface area contributed by atoms with Gasteiger partial charge in [0.25, 0.3) is 0 Å². The number of ketones is 1. The second-order valence-electron chi connectivity index (χ2n) is 6.43. The molecular weight excluding hydrogens is 324 g/mol. The molecule has 26 heavy (non-hydrogen) atoms. The molecule has 2 heterocycles. The lowest BCUT2D eigenvalue weighted by Crippen LogP contribution is -2.28. The quantitative estimate of drug-likeness (QED) is 0.525. The van der Waals surface area contributed by atoms with E-state index < -0.39 is 6.10 Å². The van der Waals surface area contributed by atoms with Gasteiger partial charge in [-0.3, -0.25) is 9.36 Å². The number of ether oxygens (including phenoxy) is 1. The molecule has 126 valence electrons. The number of fused-ring (bicyclic) bond motifs is 2. The van der Waals surface area contributed by atoms with Crippen molar-refractivity contribution in [1.29, 1.82) is 0 Å². The van der Waals surface area contributed by atoms with Crippen LogP contribution in [-0.4, -0.2) is 21.4 Å². The first-order valence-electron chi connectivity index (χ1n) is 8.61. The highest BCUT2D eigenvalue weighted by Crippen LogP contribution is 2.30. The van der Waals surface area contributed by atoms with Crippen molar-refractivity contribution in [2.75, 3.05) is 0 Å². The van der Waals surface area contributed by atoms with E-state index in [1.165, 1.54) is 5.39 Å². The number of carbonyl (C=O) groups excluding carboxylic acids is 1. The number of carbonyl (C=O) groups is 1. The molecule has 5 rings (SSSR count). The lowest BCUT2D eigenvalue weighted by molar-refractivity contribution is 0.0812. The van der Waals surface area contributed by atoms with Crippen LogP contribution in [0.2, 0.25) is 0 Å². The first-order chi connectivity index (χ1) is 12.8. The number of Topliss-reactive ketones (excluding diaryl/α,β-unsaturated/α-hetero) is 1. The summed E-state index contributed by atoms with van der Waals surface area (Å²) >= 11 is 0. The Bertz CT molecular complexity index is 1100. The summed E-state index contributed by atoms with van der Waals surface area (Å²) < 4.78 is 7.69. The molecule has 0 unspecified atom stereocenters. The molecule has 0 bridgehead atoms. The molecule has 1 aromatic heterocycles. The topological polar surface area (TPSA) is 44.1 Å². The van der Waals surface area contributed by atoms with E-state index >= 15 is 0 Å². The summed E-state index contributed by atoms with van der Waals surface area (Å²) in [5.74, 6) is 1.09. The fourth-order valence-electron chi connectivity index (χ4n) is 3.49. The predicted octanol–water partition coefficient (Wildman–Crippen LogP) is 4.21. The van der Waals surface area contributed by atoms with Gasteiger partial charge in [-0.2, -0.15) is 0 Å². The van der Waals surface area contributed by atoms with Crippen molar-refractivity contribution in [1.82, 2.24) is 9.55 Å². The Kier molecular flexibility index (Phi) is 3.35. The molecule has 0 radical (unpaired) electrons. The molecular formula is C22H16N2O2. The van der Waals surface area contributed by atoms with Gasteiger partial charge in [-0.25, -0.2) is 4.98 Å². The van der Waals surface area contributed by atoms with Gasteiger partial charge in [-0.15, -0.1) is 0 Å². The first kappa shape index (κ1) is 14.9. The maximum atomic E-state index is 13.0. The van der Waals surface area contributed by atoms with Gasteiger partial charge < -0.3 is 4.74 Å². The first-order valence-corrected chi connectivity index (χ1v) is 8.61. The average molecular weight is 340 g/mol. The van der Waals surface area contributed by atoms with Gasteiger partial charge in [0, 0.05) is 24.5 Å². The van der Waals surface area contributed by atoms with Gasteiger partial charge in [-0.05, 0) is 34.5 Å². The van der Waals surface area contributed by atoms with Gasteiger partial charge in [0.15, 0.2) is 11.9 Å². The molecule has 1 atom stereocenters. The molecule has 1 aliphatic heterocycles. The van der Waals surface area contributed by atoms with Crippen LogP contribution in [0.5, 0.6) is 5.75 Å². The summed E-state index contributed by atoms with van der Waals surface area (Å²) in [5.41, 5.74) is 1.98. The van der Waals surface area contributed by atoms with Gasteiger partial charge in [0.05, 0.1) is 0 Å². The van der Waals surface area contributed by atoms with Crippen LogP contribution >= 0.6 is 0 Å². The fourth-order valence-corrected chi connectivity index (χ4v) is 3.49. The van der Waals surface area contributed by atoms with Gasteiger partial charge >= 0.3 is 0 Å². The van der Waals surface area contributed by atoms with E-state index in [4.69, 9.17) is 4.74 Å². The van der Waals surface area contributed by atoms with Gasteiger partial charge in [0.1, 0.15) is 5.75 Å². The number of imidazole rings is 1. The third kappa shape index (κ3) is 2.39. The molecule has 0 N–H and O–H groups in total. The molecule has 1 aliphatic rings. The molecule has 0 saturated heterocycles. The highest BCUT2D eigenvalue weighted by atomic mass is 16.5. The van der Waals surface area contributed by atoms with Crippen molar-refractivity contribution in [3.8, 4) is 11.4 Å². The van der Waals surface area contributed by atoms with Crippen LogP contribution in [0, 0.1) is 0 Å². The molecule has 0 saturated carbocycles. The molecule has 0 amide bonds. The van der Waals surface area contributed by atoms with Crippen molar-refractivity contribution in [3.63, 3.8) is 0 Å². The van der Waals surface area contributed by atoms with Gasteiger partial charge in [0.2, 0.25) is 5.78 Å². The van der Waals surface area contributed by atoms with Crippen LogP contribution < -0.4 is 4.74 Å². The summed E-state index contributed by atoms with van der Waals surface area (Å²) in [6.45, 7) is 0. The molecule has 4 nitrogen and oxygen atoms in total. The molecule has 0 aliphatic carbocycles. The maximum Gasteiger partial charge on any atom is 0.239 e. The number of rotatable bonds is 3. The van der Waals surface area contributed by atoms with Gasteiger partial charge in [-0.1, -0.05) is 48.5 Å². The minimum atomic E-state index is -0.519. The van der Waals surface area contributed by atoms with Crippen LogP contribution in [0.15, 0.2) is 79.1 Å². The van der Waals surface area contributed by atoms with E-state index in [-0.39, 0.29) is 5.78 Å². The summed E-state index contributed by atoms with van der Waals surface area (Å²) in [6, 6.07) is 22.1. The number of aromatic nitrogens is 2. The highest BCUT2D eigenvalue weighted by molar-refractivity contribution is 5.98. The van der Waals surface area contributed by atoms with Crippen molar-refractivity contribution in [2.24, 2.45) is 0 Å². The molecule has 4 heteroatoms. The van der Waals surface area contributed by atoms with Crippen LogP contribution in [0.1, 0.15) is 16.2 Å². The van der Waals surface area contributed by atoms with E-state index in [2.05, 4.69) is 29.2 Å². The fraction of sp³-hybridized carbons (Fsp3) is 0.0909. The zero-order valence-electron chi connectivity index (χ0n) is 14.0. The Morgan fingerprint density at radius 3 is 2.69 bits per heavy atom. The number of para-hydroxylation sites is 1. The summed E-state index contributed by atoms with van der Waals surface area (Å²) in [4.78, 5) is 17.3. The van der Waals surface area contributed by atoms with Crippen molar-refractivity contribution < 1.29 is 9.53 Å². The minimum absolute atomic E-state index is 0.0978. The van der Waals surface area contributed by atoms with E-state index in [9.17, 15) is 4.79 Å². The number of nitrogens with zero attached hydrogens (tertiary/aromatic N) is 2. The van der Waals surface area contributed by atoms with Crippen LogP contribution in [0.3, 0.4) is 0 Å². The van der Waals surface area contributed by atoms with Crippen molar-refractivity contribution in [2.45, 2.75) is 12.5 Å². The minimum Gasteiger partial charge on any atom is -0.481 e. The third-order valence-electron chi connectivity index (χ3n) is 4.81. The van der Waals surface area contributed by atoms with E-state index in [0.29, 0.717) is 12.2 Å². The highest BCUT2D eigenvalue weighted by Gasteiger charge is 2.32. The zero-order valence-corrected chi connectivity index (χ0v) is 14.0. The Balaban J connectivity index is 1.50. The largest absolute Gasteiger partial charge is 0.481 e. The lowest BCUT2D eigenvalue weighted by Gasteiger charge is -2.12. The maximum absolute atomic E-state index is 13.0. The smallest absolute Gasteiger partial charge is 0.239 e. The monoisotopic (exact) mass is 340 g/mol. The number of hydrogen-bond acceptors (Lipinski definition) is 3. The van der Waals surface area contributed by atoms with E-state index in [1.54, 1.807) is 6.20 Å². The second-order valence-corrected chi connectivity index (χ2v) is 6.43. The van der Waals surface area contributed by atoms with Crippen LogP contribution in [-0.2, 0) is 6.42 Å². The number of hydrogen-bond donors (Lipinski definition) is 0. The molecule has 4 aromatic rings. The average Bonchev–Trinajstić information content (AvgIpc) is 3.34. The summed E-state index contributed by atoms with van der Waals surface area (Å²) in [6.07, 6.45) is 3.54. The molecule has 0 fully saturated rings. The van der Waals surface area contributed by atoms with Crippen molar-refractivity contribution >= 4 is 16.6 Å². The van der Waals surface area contributed by atoms with Crippen molar-refractivity contribution in [3.05, 3.63) is 90.5 Å². The summed E-state index contributed by atoms with van der Waals surface area (Å²) in [5, 5.41) is 2.29. The zero-order chi connectivity index (χ0) is 17.5. The molecule has 0 spiro atoms. The van der Waals surface area contributed by atoms with E-state index in [0.717, 1.165) is 22.4 Å². The summed E-state index contributed by atoms with van der Waals surface area (Å²) in [7, 11) is 0. The standard InChI is InChI=1S/C22H16N2O2/c25-21(20-14-17-7-3-4-8-19(17)26-20)22-23-11-12-24(22)18-10-9-15-5-1-2-6-16(15)13-18/h1-13,20H,14H2/t20-/m1/s1. The normalized spacial score (nSPS) is 15.6. The predicted molar refractivity (Wildman–Crippen MR) is 100.0 cm³/mol. The Labute approximate surface area is 150 Å².